The summed E-state index contributed by atoms with van der Waals surface area (Å²) < 4.78 is 12.8. The average Bonchev–Trinajstić information content (AvgIpc) is 2.01. The Morgan fingerprint density at radius 2 is 2.21 bits per heavy atom. The van der Waals surface area contributed by atoms with E-state index in [1.54, 1.807) is 6.07 Å². The molecule has 1 aromatic carbocycles. The smallest absolute Gasteiger partial charge is 0.123 e. The van der Waals surface area contributed by atoms with Gasteiger partial charge >= 0.3 is 0 Å². The van der Waals surface area contributed by atoms with Crippen molar-refractivity contribution >= 4 is 0 Å². The largest absolute Gasteiger partial charge is 0.324 e. The zero-order valence-corrected chi connectivity index (χ0v) is 8.68. The summed E-state index contributed by atoms with van der Waals surface area (Å²) in [5.74, 6) is -0.214. The van der Waals surface area contributed by atoms with E-state index in [4.69, 9.17) is 5.73 Å². The maximum absolute atomic E-state index is 12.8. The lowest BCUT2D eigenvalue weighted by Crippen LogP contribution is -2.12. The first kappa shape index (κ1) is 10.9. The van der Waals surface area contributed by atoms with E-state index in [0.717, 1.165) is 23.1 Å². The Morgan fingerprint density at radius 1 is 1.57 bits per heavy atom. The highest BCUT2D eigenvalue weighted by Crippen LogP contribution is 2.21. The summed E-state index contributed by atoms with van der Waals surface area (Å²) >= 11 is 0. The maximum atomic E-state index is 12.8. The molecule has 1 aromatic rings. The third-order valence-corrected chi connectivity index (χ3v) is 2.20. The first-order valence-electron chi connectivity index (χ1n) is 4.66. The van der Waals surface area contributed by atoms with Crippen LogP contribution in [0.5, 0.6) is 0 Å². The van der Waals surface area contributed by atoms with Crippen molar-refractivity contribution in [2.45, 2.75) is 26.3 Å². The Morgan fingerprint density at radius 3 is 2.71 bits per heavy atom. The monoisotopic (exact) mass is 193 g/mol. The van der Waals surface area contributed by atoms with Crippen LogP contribution in [0.3, 0.4) is 0 Å². The van der Waals surface area contributed by atoms with Crippen LogP contribution in [0.1, 0.15) is 30.5 Å². The van der Waals surface area contributed by atoms with E-state index in [-0.39, 0.29) is 11.9 Å². The first-order chi connectivity index (χ1) is 6.50. The van der Waals surface area contributed by atoms with Crippen LogP contribution < -0.4 is 5.73 Å². The van der Waals surface area contributed by atoms with Gasteiger partial charge in [-0.2, -0.15) is 0 Å². The van der Waals surface area contributed by atoms with Crippen LogP contribution in [0.2, 0.25) is 0 Å². The van der Waals surface area contributed by atoms with Gasteiger partial charge in [0.1, 0.15) is 5.82 Å². The van der Waals surface area contributed by atoms with Crippen LogP contribution in [0.15, 0.2) is 30.4 Å². The van der Waals surface area contributed by atoms with E-state index in [2.05, 4.69) is 6.58 Å². The van der Waals surface area contributed by atoms with Crippen LogP contribution in [0.25, 0.3) is 0 Å². The molecule has 0 spiro atoms. The van der Waals surface area contributed by atoms with Gasteiger partial charge in [0.25, 0.3) is 0 Å². The predicted molar refractivity (Wildman–Crippen MR) is 57.5 cm³/mol. The molecule has 0 aliphatic carbocycles. The van der Waals surface area contributed by atoms with Crippen molar-refractivity contribution in [1.82, 2.24) is 0 Å². The Hall–Kier alpha value is -1.15. The fraction of sp³-hybridized carbons (Fsp3) is 0.333. The zero-order chi connectivity index (χ0) is 10.7. The SMILES string of the molecule is C=C(C)C[C@@H](N)c1ccc(F)cc1C. The second-order valence-corrected chi connectivity index (χ2v) is 3.77. The third kappa shape index (κ3) is 2.67. The van der Waals surface area contributed by atoms with Crippen molar-refractivity contribution in [2.75, 3.05) is 0 Å². The number of nitrogens with two attached hydrogens (primary N) is 1. The maximum Gasteiger partial charge on any atom is 0.123 e. The number of rotatable bonds is 3. The number of benzene rings is 1. The molecule has 0 aliphatic heterocycles. The minimum absolute atomic E-state index is 0.0758. The van der Waals surface area contributed by atoms with Crippen LogP contribution in [0.4, 0.5) is 4.39 Å². The Kier molecular flexibility index (Phi) is 3.42. The van der Waals surface area contributed by atoms with E-state index in [1.807, 2.05) is 13.8 Å². The van der Waals surface area contributed by atoms with Gasteiger partial charge in [0, 0.05) is 6.04 Å². The molecular formula is C12H16FN. The summed E-state index contributed by atoms with van der Waals surface area (Å²) in [5, 5.41) is 0. The van der Waals surface area contributed by atoms with Crippen molar-refractivity contribution in [1.29, 1.82) is 0 Å². The van der Waals surface area contributed by atoms with E-state index in [9.17, 15) is 4.39 Å². The van der Waals surface area contributed by atoms with E-state index in [1.165, 1.54) is 12.1 Å². The van der Waals surface area contributed by atoms with Crippen molar-refractivity contribution < 1.29 is 4.39 Å². The lowest BCUT2D eigenvalue weighted by Gasteiger charge is -2.14. The molecule has 0 amide bonds. The Labute approximate surface area is 84.4 Å². The highest BCUT2D eigenvalue weighted by molar-refractivity contribution is 5.30. The summed E-state index contributed by atoms with van der Waals surface area (Å²) in [6.07, 6.45) is 0.743. The van der Waals surface area contributed by atoms with Crippen LogP contribution in [-0.2, 0) is 0 Å². The van der Waals surface area contributed by atoms with Gasteiger partial charge in [-0.1, -0.05) is 11.6 Å². The minimum atomic E-state index is -0.214. The summed E-state index contributed by atoms with van der Waals surface area (Å²) in [5.41, 5.74) is 8.90. The highest BCUT2D eigenvalue weighted by Gasteiger charge is 2.09. The molecule has 0 aromatic heterocycles. The van der Waals surface area contributed by atoms with Gasteiger partial charge in [-0.05, 0) is 43.5 Å². The lowest BCUT2D eigenvalue weighted by atomic mass is 9.97. The van der Waals surface area contributed by atoms with Crippen LogP contribution >= 0.6 is 0 Å². The molecule has 2 heteroatoms. The molecule has 2 N–H and O–H groups in total. The van der Waals surface area contributed by atoms with E-state index in [0.29, 0.717) is 0 Å². The minimum Gasteiger partial charge on any atom is -0.324 e. The Balaban J connectivity index is 2.90. The topological polar surface area (TPSA) is 26.0 Å². The second kappa shape index (κ2) is 4.38. The van der Waals surface area contributed by atoms with Gasteiger partial charge in [-0.25, -0.2) is 4.39 Å². The normalized spacial score (nSPS) is 12.6. The van der Waals surface area contributed by atoms with Crippen molar-refractivity contribution in [3.05, 3.63) is 47.3 Å². The fourth-order valence-electron chi connectivity index (χ4n) is 1.54. The third-order valence-electron chi connectivity index (χ3n) is 2.20. The molecule has 0 heterocycles. The molecule has 1 atom stereocenters. The molecule has 0 radical (unpaired) electrons. The van der Waals surface area contributed by atoms with Gasteiger partial charge in [0.2, 0.25) is 0 Å². The quantitative estimate of drug-likeness (QED) is 0.733. The van der Waals surface area contributed by atoms with Gasteiger partial charge in [-0.15, -0.1) is 6.58 Å². The van der Waals surface area contributed by atoms with Crippen LogP contribution in [-0.4, -0.2) is 0 Å². The van der Waals surface area contributed by atoms with Gasteiger partial charge < -0.3 is 5.73 Å². The molecule has 1 rings (SSSR count). The molecule has 0 fully saturated rings. The highest BCUT2D eigenvalue weighted by atomic mass is 19.1. The van der Waals surface area contributed by atoms with Crippen molar-refractivity contribution in [3.8, 4) is 0 Å². The first-order valence-corrected chi connectivity index (χ1v) is 4.66. The van der Waals surface area contributed by atoms with Crippen molar-refractivity contribution in [2.24, 2.45) is 5.73 Å². The lowest BCUT2D eigenvalue weighted by molar-refractivity contribution is 0.622. The fourth-order valence-corrected chi connectivity index (χ4v) is 1.54. The molecule has 76 valence electrons. The van der Waals surface area contributed by atoms with Gasteiger partial charge in [0.05, 0.1) is 0 Å². The predicted octanol–water partition coefficient (Wildman–Crippen LogP) is 3.10. The average molecular weight is 193 g/mol. The molecule has 0 bridgehead atoms. The van der Waals surface area contributed by atoms with E-state index < -0.39 is 0 Å². The van der Waals surface area contributed by atoms with E-state index >= 15 is 0 Å². The molecule has 14 heavy (non-hydrogen) atoms. The molecule has 0 unspecified atom stereocenters. The molecule has 1 nitrogen and oxygen atoms in total. The molecule has 0 saturated carbocycles. The standard InChI is InChI=1S/C12H16FN/c1-8(2)6-12(14)11-5-4-10(13)7-9(11)3/h4-5,7,12H,1,6,14H2,2-3H3/t12-/m1/s1. The zero-order valence-electron chi connectivity index (χ0n) is 8.68. The Bertz CT molecular complexity index is 344. The number of hydrogen-bond donors (Lipinski definition) is 1. The second-order valence-electron chi connectivity index (χ2n) is 3.77. The summed E-state index contributed by atoms with van der Waals surface area (Å²) in [6.45, 7) is 7.63. The summed E-state index contributed by atoms with van der Waals surface area (Å²) in [7, 11) is 0. The van der Waals surface area contributed by atoms with Gasteiger partial charge in [-0.3, -0.25) is 0 Å². The number of hydrogen-bond acceptors (Lipinski definition) is 1. The number of halogens is 1. The summed E-state index contributed by atoms with van der Waals surface area (Å²) in [4.78, 5) is 0. The van der Waals surface area contributed by atoms with Crippen LogP contribution in [0, 0.1) is 12.7 Å². The van der Waals surface area contributed by atoms with Crippen molar-refractivity contribution in [3.63, 3.8) is 0 Å². The molecule has 0 saturated heterocycles. The number of aryl methyl sites for hydroxylation is 1. The summed E-state index contributed by atoms with van der Waals surface area (Å²) in [6, 6.07) is 4.63. The van der Waals surface area contributed by atoms with Gasteiger partial charge in [0.15, 0.2) is 0 Å². The molecular weight excluding hydrogens is 177 g/mol. The molecule has 0 aliphatic rings.